The van der Waals surface area contributed by atoms with Crippen LogP contribution in [-0.4, -0.2) is 25.4 Å². The molecule has 0 unspecified atom stereocenters. The zero-order valence-electron chi connectivity index (χ0n) is 16.3. The van der Waals surface area contributed by atoms with E-state index in [1.54, 1.807) is 49.6 Å². The fourth-order valence-corrected chi connectivity index (χ4v) is 5.63. The van der Waals surface area contributed by atoms with Gasteiger partial charge >= 0.3 is 4.87 Å². The van der Waals surface area contributed by atoms with Crippen molar-refractivity contribution in [2.75, 3.05) is 16.2 Å². The number of para-hydroxylation sites is 1. The molecule has 0 spiro atoms. The van der Waals surface area contributed by atoms with E-state index in [1.807, 2.05) is 0 Å². The smallest absolute Gasteiger partial charge is 0.307 e. The number of nitrogens with one attached hydrogen (secondary N) is 1. The molecule has 0 radical (unpaired) electrons. The summed E-state index contributed by atoms with van der Waals surface area (Å²) in [4.78, 5) is 23.8. The lowest BCUT2D eigenvalue weighted by Gasteiger charge is -2.23. The standard InChI is InChI=1S/C20H20ClN3O4S2/c1-3-24(16-7-5-4-6-8-16)30(27,28)18-11-15(9-10-17(18)21)22-19(25)12-23-14(2)13-29-20(23)26/h4-11,13H,3,12H2,1-2H3,(H,22,25). The van der Waals surface area contributed by atoms with Crippen LogP contribution in [0.15, 0.2) is 63.6 Å². The van der Waals surface area contributed by atoms with Crippen LogP contribution in [0.3, 0.4) is 0 Å². The maximum atomic E-state index is 13.3. The van der Waals surface area contributed by atoms with Gasteiger partial charge < -0.3 is 5.32 Å². The van der Waals surface area contributed by atoms with E-state index >= 15 is 0 Å². The van der Waals surface area contributed by atoms with Gasteiger partial charge in [-0.05, 0) is 44.2 Å². The predicted octanol–water partition coefficient (Wildman–Crippen LogP) is 3.73. The van der Waals surface area contributed by atoms with Crippen molar-refractivity contribution in [3.05, 3.63) is 74.3 Å². The molecule has 7 nitrogen and oxygen atoms in total. The van der Waals surface area contributed by atoms with Crippen molar-refractivity contribution in [3.63, 3.8) is 0 Å². The Hall–Kier alpha value is -2.62. The Morgan fingerprint density at radius 3 is 2.50 bits per heavy atom. The molecular formula is C20H20ClN3O4S2. The van der Waals surface area contributed by atoms with Gasteiger partial charge in [-0.3, -0.25) is 18.5 Å². The number of hydrogen-bond donors (Lipinski definition) is 1. The van der Waals surface area contributed by atoms with Gasteiger partial charge in [0.2, 0.25) is 5.91 Å². The van der Waals surface area contributed by atoms with E-state index in [9.17, 15) is 18.0 Å². The van der Waals surface area contributed by atoms with Crippen LogP contribution in [0.2, 0.25) is 5.02 Å². The number of anilines is 2. The summed E-state index contributed by atoms with van der Waals surface area (Å²) in [5, 5.41) is 4.36. The maximum Gasteiger partial charge on any atom is 0.307 e. The van der Waals surface area contributed by atoms with Crippen molar-refractivity contribution >= 4 is 50.2 Å². The van der Waals surface area contributed by atoms with Crippen LogP contribution in [0.4, 0.5) is 11.4 Å². The molecule has 1 heterocycles. The average molecular weight is 466 g/mol. The highest BCUT2D eigenvalue weighted by Gasteiger charge is 2.26. The highest BCUT2D eigenvalue weighted by molar-refractivity contribution is 7.93. The molecule has 158 valence electrons. The van der Waals surface area contributed by atoms with Gasteiger partial charge in [-0.2, -0.15) is 0 Å². The van der Waals surface area contributed by atoms with Crippen LogP contribution < -0.4 is 14.5 Å². The molecule has 1 N–H and O–H groups in total. The average Bonchev–Trinajstić information content (AvgIpc) is 3.02. The summed E-state index contributed by atoms with van der Waals surface area (Å²) in [5.41, 5.74) is 1.46. The number of amides is 1. The zero-order valence-corrected chi connectivity index (χ0v) is 18.7. The van der Waals surface area contributed by atoms with Crippen LogP contribution >= 0.6 is 22.9 Å². The molecule has 0 saturated carbocycles. The Balaban J connectivity index is 1.89. The predicted molar refractivity (Wildman–Crippen MR) is 120 cm³/mol. The topological polar surface area (TPSA) is 88.5 Å². The molecule has 0 aliphatic heterocycles. The number of halogens is 1. The first-order valence-electron chi connectivity index (χ1n) is 9.06. The highest BCUT2D eigenvalue weighted by Crippen LogP contribution is 2.30. The number of carbonyl (C=O) groups is 1. The van der Waals surface area contributed by atoms with E-state index in [4.69, 9.17) is 11.6 Å². The number of thiazole rings is 1. The molecule has 3 aromatic rings. The highest BCUT2D eigenvalue weighted by atomic mass is 35.5. The summed E-state index contributed by atoms with van der Waals surface area (Å²) in [6.45, 7) is 3.51. The molecule has 0 bridgehead atoms. The minimum Gasteiger partial charge on any atom is -0.324 e. The van der Waals surface area contributed by atoms with E-state index in [-0.39, 0.29) is 33.6 Å². The van der Waals surface area contributed by atoms with Crippen LogP contribution in [0.1, 0.15) is 12.6 Å². The Kier molecular flexibility index (Phi) is 6.64. The van der Waals surface area contributed by atoms with Gasteiger partial charge in [0.05, 0.1) is 10.7 Å². The number of carbonyl (C=O) groups excluding carboxylic acids is 1. The van der Waals surface area contributed by atoms with Gasteiger partial charge in [-0.1, -0.05) is 41.1 Å². The lowest BCUT2D eigenvalue weighted by molar-refractivity contribution is -0.116. The van der Waals surface area contributed by atoms with Gasteiger partial charge in [0, 0.05) is 23.3 Å². The fourth-order valence-electron chi connectivity index (χ4n) is 2.92. The summed E-state index contributed by atoms with van der Waals surface area (Å²) in [7, 11) is -3.96. The van der Waals surface area contributed by atoms with Crippen LogP contribution in [0.5, 0.6) is 0 Å². The maximum absolute atomic E-state index is 13.3. The van der Waals surface area contributed by atoms with Gasteiger partial charge in [0.15, 0.2) is 0 Å². The third kappa shape index (κ3) is 4.58. The summed E-state index contributed by atoms with van der Waals surface area (Å²) < 4.78 is 29.1. The summed E-state index contributed by atoms with van der Waals surface area (Å²) >= 11 is 7.22. The molecule has 30 heavy (non-hydrogen) atoms. The third-order valence-electron chi connectivity index (χ3n) is 4.39. The summed E-state index contributed by atoms with van der Waals surface area (Å²) in [6, 6.07) is 13.0. The van der Waals surface area contributed by atoms with Gasteiger partial charge in [-0.15, -0.1) is 0 Å². The first-order valence-corrected chi connectivity index (χ1v) is 11.8. The summed E-state index contributed by atoms with van der Waals surface area (Å²) in [6.07, 6.45) is 0. The van der Waals surface area contributed by atoms with Gasteiger partial charge in [0.25, 0.3) is 10.0 Å². The first kappa shape index (κ1) is 22.1. The largest absolute Gasteiger partial charge is 0.324 e. The lowest BCUT2D eigenvalue weighted by Crippen LogP contribution is -2.31. The number of sulfonamides is 1. The Morgan fingerprint density at radius 1 is 1.20 bits per heavy atom. The molecule has 0 atom stereocenters. The number of hydrogen-bond acceptors (Lipinski definition) is 5. The molecule has 0 fully saturated rings. The van der Waals surface area contributed by atoms with Gasteiger partial charge in [0.1, 0.15) is 11.4 Å². The summed E-state index contributed by atoms with van der Waals surface area (Å²) in [5.74, 6) is -0.445. The second kappa shape index (κ2) is 9.03. The minimum atomic E-state index is -3.96. The molecule has 3 rings (SSSR count). The first-order chi connectivity index (χ1) is 14.2. The Morgan fingerprint density at radius 2 is 1.90 bits per heavy atom. The monoisotopic (exact) mass is 465 g/mol. The van der Waals surface area contributed by atoms with E-state index in [0.717, 1.165) is 11.3 Å². The van der Waals surface area contributed by atoms with E-state index < -0.39 is 15.9 Å². The van der Waals surface area contributed by atoms with Crippen LogP contribution in [0.25, 0.3) is 0 Å². The molecule has 2 aromatic carbocycles. The van der Waals surface area contributed by atoms with Gasteiger partial charge in [-0.25, -0.2) is 8.42 Å². The number of rotatable bonds is 7. The minimum absolute atomic E-state index is 0.0484. The van der Waals surface area contributed by atoms with E-state index in [2.05, 4.69) is 5.32 Å². The fraction of sp³-hybridized carbons (Fsp3) is 0.200. The van der Waals surface area contributed by atoms with Crippen molar-refractivity contribution < 1.29 is 13.2 Å². The third-order valence-corrected chi connectivity index (χ3v) is 7.66. The van der Waals surface area contributed by atoms with Crippen molar-refractivity contribution in [1.82, 2.24) is 4.57 Å². The molecule has 1 aromatic heterocycles. The quantitative estimate of drug-likeness (QED) is 0.575. The van der Waals surface area contributed by atoms with Crippen molar-refractivity contribution in [1.29, 1.82) is 0 Å². The Bertz CT molecular complexity index is 1220. The second-order valence-corrected chi connectivity index (χ2v) is 9.49. The molecule has 0 aliphatic rings. The zero-order chi connectivity index (χ0) is 21.9. The second-order valence-electron chi connectivity index (χ2n) is 6.43. The van der Waals surface area contributed by atoms with E-state index in [0.29, 0.717) is 11.4 Å². The molecule has 0 saturated heterocycles. The molecule has 1 amide bonds. The van der Waals surface area contributed by atoms with E-state index in [1.165, 1.54) is 27.1 Å². The molecule has 0 aliphatic carbocycles. The molecule has 10 heteroatoms. The Labute approximate surface area is 183 Å². The number of nitrogens with zero attached hydrogens (tertiary/aromatic N) is 2. The normalized spacial score (nSPS) is 11.3. The number of benzene rings is 2. The number of aromatic nitrogens is 1. The van der Waals surface area contributed by atoms with Crippen LogP contribution in [-0.2, 0) is 21.4 Å². The lowest BCUT2D eigenvalue weighted by atomic mass is 10.3. The van der Waals surface area contributed by atoms with Crippen molar-refractivity contribution in [2.45, 2.75) is 25.3 Å². The van der Waals surface area contributed by atoms with Crippen LogP contribution in [0, 0.1) is 6.92 Å². The SMILES string of the molecule is CCN(c1ccccc1)S(=O)(=O)c1cc(NC(=O)Cn2c(C)csc2=O)ccc1Cl. The molecular weight excluding hydrogens is 446 g/mol. The number of aryl methyl sites for hydroxylation is 1. The van der Waals surface area contributed by atoms with Crippen molar-refractivity contribution in [2.24, 2.45) is 0 Å². The van der Waals surface area contributed by atoms with Crippen molar-refractivity contribution in [3.8, 4) is 0 Å².